The Balaban J connectivity index is 1.66. The van der Waals surface area contributed by atoms with Crippen LogP contribution < -0.4 is 11.0 Å². The number of allylic oxidation sites excluding steroid dienone is 1. The number of ether oxygens (including phenoxy) is 3. The van der Waals surface area contributed by atoms with Crippen molar-refractivity contribution in [3.63, 3.8) is 0 Å². The van der Waals surface area contributed by atoms with Gasteiger partial charge in [-0.25, -0.2) is 4.79 Å². The van der Waals surface area contributed by atoms with Gasteiger partial charge >= 0.3 is 5.69 Å². The van der Waals surface area contributed by atoms with Gasteiger partial charge in [0.2, 0.25) is 5.91 Å². The van der Waals surface area contributed by atoms with Crippen LogP contribution in [0.3, 0.4) is 0 Å². The lowest BCUT2D eigenvalue weighted by molar-refractivity contribution is -0.322. The Hall–Kier alpha value is -2.19. The first-order valence-corrected chi connectivity index (χ1v) is 11.6. The minimum absolute atomic E-state index is 0.0152. The Morgan fingerprint density at radius 3 is 2.46 bits per heavy atom. The summed E-state index contributed by atoms with van der Waals surface area (Å²) < 4.78 is 18.8. The molecule has 2 aliphatic heterocycles. The number of hydrogen-bond acceptors (Lipinski definition) is 10. The van der Waals surface area contributed by atoms with E-state index in [1.54, 1.807) is 46.7 Å². The molecule has 12 heteroatoms. The van der Waals surface area contributed by atoms with Crippen LogP contribution in [-0.4, -0.2) is 98.7 Å². The predicted octanol–water partition coefficient (Wildman–Crippen LogP) is -0.402. The summed E-state index contributed by atoms with van der Waals surface area (Å²) in [7, 11) is 3.56. The van der Waals surface area contributed by atoms with Gasteiger partial charge in [0, 0.05) is 18.7 Å². The van der Waals surface area contributed by atoms with Gasteiger partial charge in [0.05, 0.1) is 24.4 Å². The van der Waals surface area contributed by atoms with Crippen LogP contribution in [0.15, 0.2) is 28.7 Å². The molecule has 3 heterocycles. The van der Waals surface area contributed by atoms with Crippen LogP contribution in [0, 0.1) is 0 Å². The number of nitrogens with one attached hydrogen (secondary N) is 1. The van der Waals surface area contributed by atoms with Gasteiger partial charge in [0.15, 0.2) is 6.29 Å². The fourth-order valence-corrected chi connectivity index (χ4v) is 4.55. The number of amides is 1. The molecule has 0 saturated carbocycles. The largest absolute Gasteiger partial charge is 0.390 e. The number of aliphatic hydroxyl groups is 3. The predicted molar refractivity (Wildman–Crippen MR) is 125 cm³/mol. The van der Waals surface area contributed by atoms with Gasteiger partial charge in [-0.05, 0) is 47.9 Å². The van der Waals surface area contributed by atoms with Crippen molar-refractivity contribution in [2.75, 3.05) is 19.4 Å². The van der Waals surface area contributed by atoms with Crippen molar-refractivity contribution in [1.82, 2.24) is 14.5 Å². The van der Waals surface area contributed by atoms with Crippen molar-refractivity contribution in [1.29, 1.82) is 0 Å². The summed E-state index contributed by atoms with van der Waals surface area (Å²) in [6, 6.07) is 1.05. The summed E-state index contributed by atoms with van der Waals surface area (Å²) in [6.45, 7) is 7.00. The minimum Gasteiger partial charge on any atom is -0.390 e. The Kier molecular flexibility index (Phi) is 8.81. The summed E-state index contributed by atoms with van der Waals surface area (Å²) in [5.41, 5.74) is 0.153. The molecule has 1 aromatic heterocycles. The lowest BCUT2D eigenvalue weighted by Crippen LogP contribution is -2.63. The third-order valence-corrected chi connectivity index (χ3v) is 6.16. The van der Waals surface area contributed by atoms with Gasteiger partial charge in [-0.1, -0.05) is 5.57 Å². The molecule has 196 valence electrons. The molecular formula is C23H36N4O8. The lowest BCUT2D eigenvalue weighted by Gasteiger charge is -2.46. The molecule has 4 N–H and O–H groups in total. The summed E-state index contributed by atoms with van der Waals surface area (Å²) in [5, 5.41) is 34.4. The first-order chi connectivity index (χ1) is 16.4. The number of carbonyl (C=O) groups excluding carboxylic acids is 1. The topological polar surface area (TPSA) is 156 Å². The quantitative estimate of drug-likeness (QED) is 0.382. The fraction of sp³-hybridized carbons (Fsp3) is 0.696. The molecule has 0 bridgehead atoms. The zero-order valence-electron chi connectivity index (χ0n) is 20.9. The highest BCUT2D eigenvalue weighted by Gasteiger charge is 2.47. The monoisotopic (exact) mass is 496 g/mol. The van der Waals surface area contributed by atoms with Crippen LogP contribution >= 0.6 is 0 Å². The number of nitrogens with zero attached hydrogens (tertiary/aromatic N) is 3. The summed E-state index contributed by atoms with van der Waals surface area (Å²) >= 11 is 0. The van der Waals surface area contributed by atoms with E-state index in [4.69, 9.17) is 14.2 Å². The van der Waals surface area contributed by atoms with E-state index in [1.807, 2.05) is 0 Å². The van der Waals surface area contributed by atoms with E-state index >= 15 is 0 Å². The number of carbonyl (C=O) groups is 1. The molecule has 2 aliphatic rings. The van der Waals surface area contributed by atoms with Gasteiger partial charge in [-0.2, -0.15) is 4.98 Å². The number of rotatable bonds is 6. The zero-order chi connectivity index (χ0) is 26.0. The first-order valence-electron chi connectivity index (χ1n) is 11.6. The number of hydrogen-bond donors (Lipinski definition) is 4. The van der Waals surface area contributed by atoms with E-state index in [0.717, 1.165) is 5.57 Å². The fourth-order valence-electron chi connectivity index (χ4n) is 4.55. The lowest BCUT2D eigenvalue weighted by atomic mass is 9.95. The molecular weight excluding hydrogens is 460 g/mol. The first kappa shape index (κ1) is 27.4. The Labute approximate surface area is 204 Å². The van der Waals surface area contributed by atoms with E-state index in [1.165, 1.54) is 22.9 Å². The van der Waals surface area contributed by atoms with E-state index in [0.29, 0.717) is 0 Å². The molecule has 12 nitrogen and oxygen atoms in total. The van der Waals surface area contributed by atoms with Gasteiger partial charge in [0.25, 0.3) is 0 Å². The summed E-state index contributed by atoms with van der Waals surface area (Å²) in [4.78, 5) is 30.1. The maximum atomic E-state index is 12.6. The Bertz CT molecular complexity index is 967. The minimum atomic E-state index is -1.32. The number of aromatic nitrogens is 2. The van der Waals surface area contributed by atoms with Gasteiger partial charge in [-0.3, -0.25) is 9.36 Å². The van der Waals surface area contributed by atoms with Crippen molar-refractivity contribution >= 4 is 11.7 Å². The van der Waals surface area contributed by atoms with Crippen molar-refractivity contribution < 1.29 is 34.3 Å². The van der Waals surface area contributed by atoms with Crippen LogP contribution in [0.4, 0.5) is 5.82 Å². The number of likely N-dealkylation sites (N-methyl/N-ethyl adjacent to an activating group) is 1. The molecule has 0 aliphatic carbocycles. The molecule has 35 heavy (non-hydrogen) atoms. The SMILES string of the molecule is CC(C)=CC(=O)Nc1ccn([C@H]2C[C@@H](O)[C@H](O[C@H]3O[C@H](C)[C@@H](N(C)C)[C@H](O)[C@H]3O)[C@@H](C)O2)c(=O)n1. The molecule has 2 saturated heterocycles. The second-order valence-electron chi connectivity index (χ2n) is 9.56. The highest BCUT2D eigenvalue weighted by atomic mass is 16.7. The summed E-state index contributed by atoms with van der Waals surface area (Å²) in [5.74, 6) is -0.289. The van der Waals surface area contributed by atoms with Crippen LogP contribution in [0.1, 0.15) is 40.3 Å². The molecule has 9 atom stereocenters. The van der Waals surface area contributed by atoms with E-state index in [9.17, 15) is 24.9 Å². The number of aliphatic hydroxyl groups excluding tert-OH is 3. The van der Waals surface area contributed by atoms with E-state index in [2.05, 4.69) is 10.3 Å². The molecule has 3 rings (SSSR count). The maximum Gasteiger partial charge on any atom is 0.351 e. The smallest absolute Gasteiger partial charge is 0.351 e. The molecule has 0 aromatic carbocycles. The van der Waals surface area contributed by atoms with Crippen molar-refractivity contribution in [2.45, 2.75) is 89.3 Å². The second kappa shape index (κ2) is 11.2. The summed E-state index contributed by atoms with van der Waals surface area (Å²) in [6.07, 6.45) is -4.60. The van der Waals surface area contributed by atoms with Gasteiger partial charge in [-0.15, -0.1) is 0 Å². The zero-order valence-corrected chi connectivity index (χ0v) is 20.9. The standard InChI is InChI=1S/C23H36N4O8/c1-11(2)9-16(29)24-15-7-8-27(23(32)25-15)17-10-14(28)21(13(4)33-17)35-22-20(31)19(30)18(26(5)6)12(3)34-22/h7-9,12-14,17-22,28,30-31H,10H2,1-6H3,(H,24,25,29,32)/t12-,13-,14-,17-,18-,19+,20-,21-,22-/m1/s1. The molecule has 0 radical (unpaired) electrons. The molecule has 2 fully saturated rings. The third-order valence-electron chi connectivity index (χ3n) is 6.16. The second-order valence-corrected chi connectivity index (χ2v) is 9.56. The van der Waals surface area contributed by atoms with Crippen LogP contribution in [-0.2, 0) is 19.0 Å². The van der Waals surface area contributed by atoms with Crippen LogP contribution in [0.25, 0.3) is 0 Å². The highest BCUT2D eigenvalue weighted by molar-refractivity contribution is 5.98. The Morgan fingerprint density at radius 1 is 1.20 bits per heavy atom. The van der Waals surface area contributed by atoms with E-state index < -0.39 is 66.8 Å². The normalized spacial score (nSPS) is 35.5. The third kappa shape index (κ3) is 6.33. The van der Waals surface area contributed by atoms with Crippen molar-refractivity contribution in [2.24, 2.45) is 0 Å². The van der Waals surface area contributed by atoms with Gasteiger partial charge in [0.1, 0.15) is 30.4 Å². The maximum absolute atomic E-state index is 12.6. The molecule has 1 aromatic rings. The van der Waals surface area contributed by atoms with E-state index in [-0.39, 0.29) is 12.2 Å². The van der Waals surface area contributed by atoms with Gasteiger partial charge < -0.3 is 39.7 Å². The average Bonchev–Trinajstić information content (AvgIpc) is 2.73. The van der Waals surface area contributed by atoms with Crippen molar-refractivity contribution in [3.05, 3.63) is 34.4 Å². The highest BCUT2D eigenvalue weighted by Crippen LogP contribution is 2.32. The van der Waals surface area contributed by atoms with Crippen LogP contribution in [0.2, 0.25) is 0 Å². The number of anilines is 1. The van der Waals surface area contributed by atoms with Crippen LogP contribution in [0.5, 0.6) is 0 Å². The molecule has 0 unspecified atom stereocenters. The van der Waals surface area contributed by atoms with Crippen molar-refractivity contribution in [3.8, 4) is 0 Å². The molecule has 1 amide bonds. The average molecular weight is 497 g/mol. The molecule has 0 spiro atoms. The Morgan fingerprint density at radius 2 is 1.89 bits per heavy atom.